The van der Waals surface area contributed by atoms with Crippen molar-refractivity contribution in [2.75, 3.05) is 25.6 Å². The lowest BCUT2D eigenvalue weighted by molar-refractivity contribution is -0.144. The highest BCUT2D eigenvalue weighted by molar-refractivity contribution is 5.79. The average Bonchev–Trinajstić information content (AvgIpc) is 2.80. The number of imidazole rings is 1. The molecule has 0 saturated carbocycles. The summed E-state index contributed by atoms with van der Waals surface area (Å²) in [5.74, 6) is 0.706. The molecule has 0 saturated heterocycles. The van der Waals surface area contributed by atoms with Crippen LogP contribution in [0.2, 0.25) is 0 Å². The standard InChI is InChI=1S/C13H18N4O2/c1-5-19-13(18)8(2)11-14-9-6-7-10(17(3)4)15-12(9)16-11/h6-8H,5H2,1-4H3,(H,14,15,16). The van der Waals surface area contributed by atoms with Gasteiger partial charge in [-0.25, -0.2) is 9.97 Å². The lowest BCUT2D eigenvalue weighted by Gasteiger charge is -2.09. The van der Waals surface area contributed by atoms with Gasteiger partial charge >= 0.3 is 5.97 Å². The molecule has 2 aromatic rings. The second kappa shape index (κ2) is 5.26. The van der Waals surface area contributed by atoms with Gasteiger partial charge < -0.3 is 14.6 Å². The molecule has 2 rings (SSSR count). The average molecular weight is 262 g/mol. The van der Waals surface area contributed by atoms with Crippen LogP contribution < -0.4 is 4.90 Å². The summed E-state index contributed by atoms with van der Waals surface area (Å²) in [6.45, 7) is 3.92. The van der Waals surface area contributed by atoms with Crippen molar-refractivity contribution >= 4 is 23.0 Å². The molecule has 2 heterocycles. The maximum absolute atomic E-state index is 11.7. The lowest BCUT2D eigenvalue weighted by atomic mass is 10.2. The Morgan fingerprint density at radius 3 is 2.79 bits per heavy atom. The topological polar surface area (TPSA) is 71.1 Å². The first kappa shape index (κ1) is 13.3. The molecule has 0 aromatic carbocycles. The Hall–Kier alpha value is -2.11. The molecular formula is C13H18N4O2. The largest absolute Gasteiger partial charge is 0.465 e. The molecule has 2 aromatic heterocycles. The van der Waals surface area contributed by atoms with Crippen molar-refractivity contribution in [3.8, 4) is 0 Å². The van der Waals surface area contributed by atoms with Gasteiger partial charge in [-0.15, -0.1) is 0 Å². The van der Waals surface area contributed by atoms with Crippen molar-refractivity contribution in [2.45, 2.75) is 19.8 Å². The molecule has 0 bridgehead atoms. The Labute approximate surface area is 111 Å². The number of carbonyl (C=O) groups is 1. The molecule has 0 aliphatic rings. The monoisotopic (exact) mass is 262 g/mol. The van der Waals surface area contributed by atoms with Gasteiger partial charge in [0.2, 0.25) is 0 Å². The number of aromatic nitrogens is 3. The van der Waals surface area contributed by atoms with Crippen LogP contribution in [-0.2, 0) is 9.53 Å². The van der Waals surface area contributed by atoms with Crippen molar-refractivity contribution in [3.05, 3.63) is 18.0 Å². The van der Waals surface area contributed by atoms with Crippen LogP contribution in [0.1, 0.15) is 25.6 Å². The predicted molar refractivity (Wildman–Crippen MR) is 73.3 cm³/mol. The number of H-pyrrole nitrogens is 1. The third kappa shape index (κ3) is 2.67. The zero-order valence-electron chi connectivity index (χ0n) is 11.6. The number of carbonyl (C=O) groups excluding carboxylic acids is 1. The number of anilines is 1. The van der Waals surface area contributed by atoms with Crippen molar-refractivity contribution in [1.29, 1.82) is 0 Å². The molecule has 102 valence electrons. The molecule has 1 atom stereocenters. The molecule has 19 heavy (non-hydrogen) atoms. The summed E-state index contributed by atoms with van der Waals surface area (Å²) >= 11 is 0. The Balaban J connectivity index is 2.33. The number of fused-ring (bicyclic) bond motifs is 1. The minimum Gasteiger partial charge on any atom is -0.465 e. The van der Waals surface area contributed by atoms with Gasteiger partial charge in [0.25, 0.3) is 0 Å². The van der Waals surface area contributed by atoms with E-state index in [1.54, 1.807) is 13.8 Å². The Morgan fingerprint density at radius 2 is 2.16 bits per heavy atom. The first-order chi connectivity index (χ1) is 9.02. The minimum absolute atomic E-state index is 0.283. The predicted octanol–water partition coefficient (Wildman–Crippen LogP) is 1.69. The number of hydrogen-bond acceptors (Lipinski definition) is 5. The molecule has 0 aliphatic heterocycles. The minimum atomic E-state index is -0.419. The number of aromatic amines is 1. The number of rotatable bonds is 4. The highest BCUT2D eigenvalue weighted by atomic mass is 16.5. The molecule has 1 unspecified atom stereocenters. The number of nitrogens with one attached hydrogen (secondary N) is 1. The van der Waals surface area contributed by atoms with Gasteiger partial charge in [-0.3, -0.25) is 4.79 Å². The maximum Gasteiger partial charge on any atom is 0.316 e. The Bertz CT molecular complexity index is 591. The summed E-state index contributed by atoms with van der Waals surface area (Å²) in [5.41, 5.74) is 1.43. The fraction of sp³-hybridized carbons (Fsp3) is 0.462. The van der Waals surface area contributed by atoms with Gasteiger partial charge in [-0.1, -0.05) is 0 Å². The maximum atomic E-state index is 11.7. The van der Waals surface area contributed by atoms with Crippen LogP contribution in [0.15, 0.2) is 12.1 Å². The van der Waals surface area contributed by atoms with Gasteiger partial charge in [0.15, 0.2) is 5.65 Å². The molecule has 0 spiro atoms. The van der Waals surface area contributed by atoms with Gasteiger partial charge in [0, 0.05) is 14.1 Å². The molecule has 1 N–H and O–H groups in total. The van der Waals surface area contributed by atoms with Crippen molar-refractivity contribution in [3.63, 3.8) is 0 Å². The molecule has 0 aliphatic carbocycles. The molecule has 6 heteroatoms. The van der Waals surface area contributed by atoms with Crippen LogP contribution in [-0.4, -0.2) is 41.6 Å². The second-order valence-electron chi connectivity index (χ2n) is 4.53. The Morgan fingerprint density at radius 1 is 1.42 bits per heavy atom. The summed E-state index contributed by atoms with van der Waals surface area (Å²) < 4.78 is 4.99. The van der Waals surface area contributed by atoms with E-state index in [-0.39, 0.29) is 5.97 Å². The van der Waals surface area contributed by atoms with E-state index in [1.165, 1.54) is 0 Å². The molecule has 0 fully saturated rings. The normalized spacial score (nSPS) is 12.4. The zero-order valence-corrected chi connectivity index (χ0v) is 11.6. The van der Waals surface area contributed by atoms with E-state index in [9.17, 15) is 4.79 Å². The SMILES string of the molecule is CCOC(=O)C(C)c1nc2nc(N(C)C)ccc2[nH]1. The number of nitrogens with zero attached hydrogens (tertiary/aromatic N) is 3. The summed E-state index contributed by atoms with van der Waals surface area (Å²) in [4.78, 5) is 25.5. The number of hydrogen-bond donors (Lipinski definition) is 1. The fourth-order valence-electron chi connectivity index (χ4n) is 1.73. The number of esters is 1. The lowest BCUT2D eigenvalue weighted by Crippen LogP contribution is -2.14. The fourth-order valence-corrected chi connectivity index (χ4v) is 1.73. The second-order valence-corrected chi connectivity index (χ2v) is 4.53. The quantitative estimate of drug-likeness (QED) is 0.849. The first-order valence-electron chi connectivity index (χ1n) is 6.23. The number of ether oxygens (including phenoxy) is 1. The molecular weight excluding hydrogens is 244 g/mol. The van der Waals surface area contributed by atoms with E-state index in [1.807, 2.05) is 31.1 Å². The van der Waals surface area contributed by atoms with Crippen LogP contribution >= 0.6 is 0 Å². The van der Waals surface area contributed by atoms with Crippen molar-refractivity contribution in [1.82, 2.24) is 15.0 Å². The van der Waals surface area contributed by atoms with Crippen LogP contribution in [0.4, 0.5) is 5.82 Å². The van der Waals surface area contributed by atoms with E-state index >= 15 is 0 Å². The molecule has 0 radical (unpaired) electrons. The summed E-state index contributed by atoms with van der Waals surface area (Å²) in [6.07, 6.45) is 0. The molecule has 6 nitrogen and oxygen atoms in total. The summed E-state index contributed by atoms with van der Waals surface area (Å²) in [5, 5.41) is 0. The van der Waals surface area contributed by atoms with E-state index in [0.29, 0.717) is 18.1 Å². The van der Waals surface area contributed by atoms with Crippen molar-refractivity contribution < 1.29 is 9.53 Å². The first-order valence-corrected chi connectivity index (χ1v) is 6.23. The highest BCUT2D eigenvalue weighted by Crippen LogP contribution is 2.19. The van der Waals surface area contributed by atoms with Gasteiger partial charge in [-0.2, -0.15) is 0 Å². The van der Waals surface area contributed by atoms with Gasteiger partial charge in [-0.05, 0) is 26.0 Å². The third-order valence-corrected chi connectivity index (χ3v) is 2.86. The van der Waals surface area contributed by atoms with Crippen LogP contribution in [0.3, 0.4) is 0 Å². The van der Waals surface area contributed by atoms with Crippen LogP contribution in [0, 0.1) is 0 Å². The van der Waals surface area contributed by atoms with Crippen LogP contribution in [0.25, 0.3) is 11.2 Å². The molecule has 0 amide bonds. The van der Waals surface area contributed by atoms with Crippen molar-refractivity contribution in [2.24, 2.45) is 0 Å². The van der Waals surface area contributed by atoms with Crippen LogP contribution in [0.5, 0.6) is 0 Å². The summed E-state index contributed by atoms with van der Waals surface area (Å²) in [6, 6.07) is 3.81. The van der Waals surface area contributed by atoms with Gasteiger partial charge in [0.1, 0.15) is 17.6 Å². The third-order valence-electron chi connectivity index (χ3n) is 2.86. The van der Waals surface area contributed by atoms with E-state index in [2.05, 4.69) is 15.0 Å². The number of pyridine rings is 1. The van der Waals surface area contributed by atoms with E-state index < -0.39 is 5.92 Å². The Kier molecular flexibility index (Phi) is 3.69. The van der Waals surface area contributed by atoms with Gasteiger partial charge in [0.05, 0.1) is 12.1 Å². The summed E-state index contributed by atoms with van der Waals surface area (Å²) in [7, 11) is 3.84. The zero-order chi connectivity index (χ0) is 14.0. The van der Waals surface area contributed by atoms with E-state index in [4.69, 9.17) is 4.74 Å². The smallest absolute Gasteiger partial charge is 0.316 e. The highest BCUT2D eigenvalue weighted by Gasteiger charge is 2.20. The van der Waals surface area contributed by atoms with E-state index in [0.717, 1.165) is 11.3 Å².